The molecule has 2 aromatic carbocycles. The summed E-state index contributed by atoms with van der Waals surface area (Å²) in [5, 5.41) is 5.07. The summed E-state index contributed by atoms with van der Waals surface area (Å²) in [5.74, 6) is 1.15. The standard InChI is InChI=1S/C21H19Cl3N2O2/c1-27-20-7-16(12-26-11-14-3-2-6-25-10-14)19(24)9-21(20)28-13-15-4-5-17(22)8-18(15)23/h2-10,26H,11-13H2,1H3. The highest BCUT2D eigenvalue weighted by Crippen LogP contribution is 2.34. The molecule has 0 aliphatic heterocycles. The van der Waals surface area contributed by atoms with Gasteiger partial charge in [0.2, 0.25) is 0 Å². The molecule has 3 aromatic rings. The molecule has 0 atom stereocenters. The Kier molecular flexibility index (Phi) is 7.40. The smallest absolute Gasteiger partial charge is 0.163 e. The average molecular weight is 438 g/mol. The maximum Gasteiger partial charge on any atom is 0.163 e. The van der Waals surface area contributed by atoms with E-state index in [1.165, 1.54) is 0 Å². The van der Waals surface area contributed by atoms with E-state index in [0.717, 1.165) is 16.7 Å². The highest BCUT2D eigenvalue weighted by atomic mass is 35.5. The summed E-state index contributed by atoms with van der Waals surface area (Å²) < 4.78 is 11.3. The van der Waals surface area contributed by atoms with E-state index >= 15 is 0 Å². The molecular formula is C21H19Cl3N2O2. The van der Waals surface area contributed by atoms with Gasteiger partial charge in [-0.15, -0.1) is 0 Å². The quantitative estimate of drug-likeness (QED) is 0.475. The number of hydrogen-bond acceptors (Lipinski definition) is 4. The summed E-state index contributed by atoms with van der Waals surface area (Å²) >= 11 is 18.6. The van der Waals surface area contributed by atoms with Crippen LogP contribution >= 0.6 is 34.8 Å². The lowest BCUT2D eigenvalue weighted by Gasteiger charge is -2.15. The van der Waals surface area contributed by atoms with E-state index < -0.39 is 0 Å². The molecule has 1 N–H and O–H groups in total. The highest BCUT2D eigenvalue weighted by molar-refractivity contribution is 6.35. The molecule has 146 valence electrons. The minimum atomic E-state index is 0.279. The summed E-state index contributed by atoms with van der Waals surface area (Å²) in [6, 6.07) is 12.8. The molecule has 0 aliphatic carbocycles. The minimum Gasteiger partial charge on any atom is -0.493 e. The predicted octanol–water partition coefficient (Wildman–Crippen LogP) is 5.92. The van der Waals surface area contributed by atoms with E-state index in [1.54, 1.807) is 31.5 Å². The number of benzene rings is 2. The lowest BCUT2D eigenvalue weighted by molar-refractivity contribution is 0.284. The van der Waals surface area contributed by atoms with Crippen LogP contribution in [0.2, 0.25) is 15.1 Å². The molecule has 28 heavy (non-hydrogen) atoms. The zero-order chi connectivity index (χ0) is 19.9. The molecule has 1 heterocycles. The Hall–Kier alpha value is -1.98. The fourth-order valence-corrected chi connectivity index (χ4v) is 3.31. The highest BCUT2D eigenvalue weighted by Gasteiger charge is 2.12. The number of ether oxygens (including phenoxy) is 2. The zero-order valence-corrected chi connectivity index (χ0v) is 17.5. The summed E-state index contributed by atoms with van der Waals surface area (Å²) in [7, 11) is 1.60. The number of pyridine rings is 1. The molecule has 3 rings (SSSR count). The molecule has 0 saturated heterocycles. The number of rotatable bonds is 8. The Balaban J connectivity index is 1.66. The van der Waals surface area contributed by atoms with E-state index in [0.29, 0.717) is 39.7 Å². The average Bonchev–Trinajstić information content (AvgIpc) is 2.69. The van der Waals surface area contributed by atoms with Crippen LogP contribution in [0.4, 0.5) is 0 Å². The largest absolute Gasteiger partial charge is 0.493 e. The van der Waals surface area contributed by atoms with Crippen molar-refractivity contribution in [1.82, 2.24) is 10.3 Å². The summed E-state index contributed by atoms with van der Waals surface area (Å²) in [6.45, 7) is 1.56. The van der Waals surface area contributed by atoms with Crippen molar-refractivity contribution in [1.29, 1.82) is 0 Å². The third-order valence-corrected chi connectivity index (χ3v) is 5.04. The van der Waals surface area contributed by atoms with E-state index in [1.807, 2.05) is 30.5 Å². The van der Waals surface area contributed by atoms with Crippen molar-refractivity contribution < 1.29 is 9.47 Å². The summed E-state index contributed by atoms with van der Waals surface area (Å²) in [6.07, 6.45) is 3.58. The molecule has 0 aliphatic rings. The van der Waals surface area contributed by atoms with Gasteiger partial charge in [0.25, 0.3) is 0 Å². The van der Waals surface area contributed by atoms with Gasteiger partial charge in [-0.1, -0.05) is 46.9 Å². The van der Waals surface area contributed by atoms with E-state index in [4.69, 9.17) is 44.3 Å². The molecular weight excluding hydrogens is 419 g/mol. The van der Waals surface area contributed by atoms with Crippen LogP contribution in [0.1, 0.15) is 16.7 Å². The first-order valence-corrected chi connectivity index (χ1v) is 9.73. The van der Waals surface area contributed by atoms with Crippen LogP contribution in [-0.2, 0) is 19.7 Å². The van der Waals surface area contributed by atoms with Crippen LogP contribution in [0.15, 0.2) is 54.9 Å². The van der Waals surface area contributed by atoms with Crippen LogP contribution in [0.25, 0.3) is 0 Å². The van der Waals surface area contributed by atoms with Crippen LogP contribution in [0.5, 0.6) is 11.5 Å². The van der Waals surface area contributed by atoms with Gasteiger partial charge in [0.1, 0.15) is 6.61 Å². The monoisotopic (exact) mass is 436 g/mol. The Bertz CT molecular complexity index is 936. The first-order chi connectivity index (χ1) is 13.6. The van der Waals surface area contributed by atoms with Crippen molar-refractivity contribution >= 4 is 34.8 Å². The number of nitrogens with one attached hydrogen (secondary N) is 1. The fraction of sp³-hybridized carbons (Fsp3) is 0.190. The van der Waals surface area contributed by atoms with Gasteiger partial charge in [-0.25, -0.2) is 0 Å². The van der Waals surface area contributed by atoms with E-state index in [2.05, 4.69) is 10.3 Å². The molecule has 0 spiro atoms. The van der Waals surface area contributed by atoms with Crippen LogP contribution in [0, 0.1) is 0 Å². The van der Waals surface area contributed by atoms with Crippen molar-refractivity contribution in [3.8, 4) is 11.5 Å². The first kappa shape index (κ1) is 20.7. The number of aromatic nitrogens is 1. The third-order valence-electron chi connectivity index (χ3n) is 4.10. The zero-order valence-electron chi connectivity index (χ0n) is 15.2. The lowest BCUT2D eigenvalue weighted by atomic mass is 10.2. The van der Waals surface area contributed by atoms with Gasteiger partial charge < -0.3 is 14.8 Å². The Morgan fingerprint density at radius 3 is 2.46 bits per heavy atom. The molecule has 0 fully saturated rings. The fourth-order valence-electron chi connectivity index (χ4n) is 2.62. The maximum atomic E-state index is 6.44. The molecule has 4 nitrogen and oxygen atoms in total. The van der Waals surface area contributed by atoms with Crippen molar-refractivity contribution in [2.45, 2.75) is 19.7 Å². The predicted molar refractivity (Wildman–Crippen MR) is 114 cm³/mol. The summed E-state index contributed by atoms with van der Waals surface area (Å²) in [5.41, 5.74) is 2.84. The van der Waals surface area contributed by atoms with Gasteiger partial charge in [0.15, 0.2) is 11.5 Å². The third kappa shape index (κ3) is 5.52. The second-order valence-electron chi connectivity index (χ2n) is 6.08. The van der Waals surface area contributed by atoms with Crippen LogP contribution in [-0.4, -0.2) is 12.1 Å². The topological polar surface area (TPSA) is 43.4 Å². The molecule has 0 bridgehead atoms. The Morgan fingerprint density at radius 2 is 1.75 bits per heavy atom. The molecule has 0 unspecified atom stereocenters. The molecule has 1 aromatic heterocycles. The number of halogens is 3. The normalized spacial score (nSPS) is 10.7. The van der Waals surface area contributed by atoms with Crippen LogP contribution < -0.4 is 14.8 Å². The number of methoxy groups -OCH3 is 1. The van der Waals surface area contributed by atoms with E-state index in [-0.39, 0.29) is 6.61 Å². The SMILES string of the molecule is COc1cc(CNCc2cccnc2)c(Cl)cc1OCc1ccc(Cl)cc1Cl. The second-order valence-corrected chi connectivity index (χ2v) is 7.33. The number of nitrogens with zero attached hydrogens (tertiary/aromatic N) is 1. The van der Waals surface area contributed by atoms with Crippen molar-refractivity contribution in [2.75, 3.05) is 7.11 Å². The lowest BCUT2D eigenvalue weighted by Crippen LogP contribution is -2.13. The molecule has 0 radical (unpaired) electrons. The molecule has 0 amide bonds. The Morgan fingerprint density at radius 1 is 0.929 bits per heavy atom. The number of hydrogen-bond donors (Lipinski definition) is 1. The van der Waals surface area contributed by atoms with E-state index in [9.17, 15) is 0 Å². The van der Waals surface area contributed by atoms with Gasteiger partial charge in [-0.3, -0.25) is 4.98 Å². The van der Waals surface area contributed by atoms with Gasteiger partial charge >= 0.3 is 0 Å². The van der Waals surface area contributed by atoms with Crippen molar-refractivity contribution in [2.24, 2.45) is 0 Å². The Labute approximate surface area is 179 Å². The van der Waals surface area contributed by atoms with Gasteiger partial charge in [-0.2, -0.15) is 0 Å². The van der Waals surface area contributed by atoms with Crippen LogP contribution in [0.3, 0.4) is 0 Å². The second kappa shape index (κ2) is 9.99. The van der Waals surface area contributed by atoms with Gasteiger partial charge in [0.05, 0.1) is 7.11 Å². The van der Waals surface area contributed by atoms with Crippen molar-refractivity contribution in [3.63, 3.8) is 0 Å². The van der Waals surface area contributed by atoms with Gasteiger partial charge in [0, 0.05) is 52.2 Å². The molecule has 0 saturated carbocycles. The van der Waals surface area contributed by atoms with Gasteiger partial charge in [-0.05, 0) is 35.4 Å². The molecule has 7 heteroatoms. The minimum absolute atomic E-state index is 0.279. The van der Waals surface area contributed by atoms with Crippen molar-refractivity contribution in [3.05, 3.63) is 86.6 Å². The maximum absolute atomic E-state index is 6.44. The summed E-state index contributed by atoms with van der Waals surface area (Å²) in [4.78, 5) is 4.10. The first-order valence-electron chi connectivity index (χ1n) is 8.59.